The Morgan fingerprint density at radius 3 is 2.61 bits per heavy atom. The molecule has 0 bridgehead atoms. The first-order valence-electron chi connectivity index (χ1n) is 9.77. The minimum absolute atomic E-state index is 0.0775. The molecule has 33 heavy (non-hydrogen) atoms. The van der Waals surface area contributed by atoms with Gasteiger partial charge in [0, 0.05) is 23.3 Å². The van der Waals surface area contributed by atoms with Gasteiger partial charge in [-0.15, -0.1) is 0 Å². The Labute approximate surface area is 194 Å². The lowest BCUT2D eigenvalue weighted by Crippen LogP contribution is -2.22. The van der Waals surface area contributed by atoms with Gasteiger partial charge >= 0.3 is 5.63 Å². The molecule has 0 aliphatic carbocycles. The quantitative estimate of drug-likeness (QED) is 0.214. The fourth-order valence-corrected chi connectivity index (χ4v) is 4.71. The third-order valence-corrected chi connectivity index (χ3v) is 6.38. The smallest absolute Gasteiger partial charge is 0.336 e. The number of hydrogen-bond acceptors (Lipinski definition) is 6. The number of phenolic OH excluding ortho intramolecular Hbond substituents is 1. The first-order chi connectivity index (χ1) is 15.9. The summed E-state index contributed by atoms with van der Waals surface area (Å²) in [6.45, 7) is 0. The van der Waals surface area contributed by atoms with E-state index < -0.39 is 17.0 Å². The second-order valence-corrected chi connectivity index (χ2v) is 8.53. The Bertz CT molecular complexity index is 1670. The lowest BCUT2D eigenvalue weighted by atomic mass is 10.1. The molecule has 2 heterocycles. The summed E-state index contributed by atoms with van der Waals surface area (Å²) in [7, 11) is 0. The molecule has 0 unspecified atom stereocenters. The van der Waals surface area contributed by atoms with E-state index in [4.69, 9.17) is 16.0 Å². The van der Waals surface area contributed by atoms with Crippen LogP contribution in [0.4, 0.5) is 4.39 Å². The van der Waals surface area contributed by atoms with Gasteiger partial charge in [-0.3, -0.25) is 9.36 Å². The Hall–Kier alpha value is -3.62. The molecule has 5 rings (SSSR count). The summed E-state index contributed by atoms with van der Waals surface area (Å²) < 4.78 is 21.1. The van der Waals surface area contributed by atoms with Crippen molar-refractivity contribution in [1.82, 2.24) is 9.55 Å². The molecule has 3 aromatic carbocycles. The topological polar surface area (TPSA) is 85.3 Å². The van der Waals surface area contributed by atoms with E-state index in [2.05, 4.69) is 4.98 Å². The number of halogens is 2. The van der Waals surface area contributed by atoms with Gasteiger partial charge in [0.2, 0.25) is 0 Å². The number of phenols is 1. The zero-order valence-corrected chi connectivity index (χ0v) is 18.4. The van der Waals surface area contributed by atoms with Crippen LogP contribution < -0.4 is 11.2 Å². The van der Waals surface area contributed by atoms with E-state index in [1.807, 2.05) is 0 Å². The Balaban J connectivity index is 1.67. The third kappa shape index (κ3) is 3.88. The van der Waals surface area contributed by atoms with Crippen molar-refractivity contribution in [2.75, 3.05) is 0 Å². The highest BCUT2D eigenvalue weighted by atomic mass is 35.5. The van der Waals surface area contributed by atoms with Gasteiger partial charge in [0.1, 0.15) is 17.1 Å². The normalized spacial score (nSPS) is 11.3. The number of nitrogens with zero attached hydrogens (tertiary/aromatic N) is 2. The summed E-state index contributed by atoms with van der Waals surface area (Å²) in [6, 6.07) is 16.9. The van der Waals surface area contributed by atoms with Crippen molar-refractivity contribution < 1.29 is 13.9 Å². The molecule has 0 aliphatic heterocycles. The molecule has 1 N–H and O–H groups in total. The average molecular weight is 481 g/mol. The fraction of sp³-hybridized carbons (Fsp3) is 0.0417. The molecule has 0 saturated carbocycles. The van der Waals surface area contributed by atoms with Crippen LogP contribution in [0.15, 0.2) is 85.9 Å². The standard InChI is InChI=1S/C24H14ClFN2O4S/c25-16-10-15-13(9-22(30)32-21(15)11-20(16)29)12-33-24-27-18-7-3-1-5-14(18)23(31)28(24)19-8-4-2-6-17(19)26/h1-11,29H,12H2. The van der Waals surface area contributed by atoms with Crippen LogP contribution >= 0.6 is 23.4 Å². The highest BCUT2D eigenvalue weighted by Crippen LogP contribution is 2.33. The van der Waals surface area contributed by atoms with E-state index in [-0.39, 0.29) is 33.0 Å². The zero-order chi connectivity index (χ0) is 23.1. The SMILES string of the molecule is O=c1cc(CSc2nc3ccccc3c(=O)n2-c2ccccc2F)c2cc(Cl)c(O)cc2o1. The number of hydrogen-bond donors (Lipinski definition) is 1. The number of fused-ring (bicyclic) bond motifs is 2. The number of aromatic hydroxyl groups is 1. The molecule has 164 valence electrons. The zero-order valence-electron chi connectivity index (χ0n) is 16.8. The van der Waals surface area contributed by atoms with Crippen LogP contribution in [0, 0.1) is 5.82 Å². The number of thioether (sulfide) groups is 1. The molecule has 0 saturated heterocycles. The molecular formula is C24H14ClFN2O4S. The summed E-state index contributed by atoms with van der Waals surface area (Å²) in [5, 5.41) is 11.1. The van der Waals surface area contributed by atoms with E-state index >= 15 is 0 Å². The molecule has 0 radical (unpaired) electrons. The van der Waals surface area contributed by atoms with Crippen LogP contribution in [0.2, 0.25) is 5.02 Å². The van der Waals surface area contributed by atoms with Crippen molar-refractivity contribution in [2.45, 2.75) is 10.9 Å². The molecule has 0 spiro atoms. The van der Waals surface area contributed by atoms with Crippen molar-refractivity contribution in [3.63, 3.8) is 0 Å². The Kier molecular flexibility index (Phi) is 5.39. The summed E-state index contributed by atoms with van der Waals surface area (Å²) in [6.07, 6.45) is 0. The third-order valence-electron chi connectivity index (χ3n) is 5.09. The van der Waals surface area contributed by atoms with E-state index in [0.29, 0.717) is 21.9 Å². The molecule has 6 nitrogen and oxygen atoms in total. The molecule has 9 heteroatoms. The largest absolute Gasteiger partial charge is 0.506 e. The Morgan fingerprint density at radius 2 is 1.79 bits per heavy atom. The average Bonchev–Trinajstić information content (AvgIpc) is 2.79. The summed E-state index contributed by atoms with van der Waals surface area (Å²) >= 11 is 7.21. The van der Waals surface area contributed by atoms with Gasteiger partial charge in [0.15, 0.2) is 5.16 Å². The van der Waals surface area contributed by atoms with Gasteiger partial charge in [-0.25, -0.2) is 14.2 Å². The highest BCUT2D eigenvalue weighted by molar-refractivity contribution is 7.98. The first-order valence-corrected chi connectivity index (χ1v) is 11.1. The lowest BCUT2D eigenvalue weighted by Gasteiger charge is -2.14. The molecular weight excluding hydrogens is 467 g/mol. The predicted molar refractivity (Wildman–Crippen MR) is 126 cm³/mol. The number of benzene rings is 3. The van der Waals surface area contributed by atoms with Crippen LogP contribution in [0.5, 0.6) is 5.75 Å². The van der Waals surface area contributed by atoms with Crippen molar-refractivity contribution in [3.05, 3.63) is 104 Å². The number of aromatic nitrogens is 2. The predicted octanol–water partition coefficient (Wildman–Crippen LogP) is 5.28. The van der Waals surface area contributed by atoms with Crippen molar-refractivity contribution in [1.29, 1.82) is 0 Å². The van der Waals surface area contributed by atoms with E-state index in [1.54, 1.807) is 36.4 Å². The Morgan fingerprint density at radius 1 is 1.03 bits per heavy atom. The van der Waals surface area contributed by atoms with Crippen LogP contribution in [0.25, 0.3) is 27.6 Å². The van der Waals surface area contributed by atoms with Crippen LogP contribution in [-0.2, 0) is 5.75 Å². The monoisotopic (exact) mass is 480 g/mol. The number of para-hydroxylation sites is 2. The van der Waals surface area contributed by atoms with Crippen molar-refractivity contribution >= 4 is 45.2 Å². The molecule has 2 aromatic heterocycles. The molecule has 0 aliphatic rings. The minimum Gasteiger partial charge on any atom is -0.506 e. The second-order valence-electron chi connectivity index (χ2n) is 7.18. The van der Waals surface area contributed by atoms with Crippen molar-refractivity contribution in [3.8, 4) is 11.4 Å². The van der Waals surface area contributed by atoms with Gasteiger partial charge < -0.3 is 9.52 Å². The molecule has 5 aromatic rings. The van der Waals surface area contributed by atoms with Gasteiger partial charge in [0.05, 0.1) is 21.6 Å². The minimum atomic E-state index is -0.599. The molecule has 0 fully saturated rings. The summed E-state index contributed by atoms with van der Waals surface area (Å²) in [5.74, 6) is -0.559. The lowest BCUT2D eigenvalue weighted by molar-refractivity contribution is 0.473. The summed E-state index contributed by atoms with van der Waals surface area (Å²) in [4.78, 5) is 30.0. The molecule has 0 atom stereocenters. The first kappa shape index (κ1) is 21.2. The van der Waals surface area contributed by atoms with E-state index in [9.17, 15) is 19.1 Å². The van der Waals surface area contributed by atoms with Crippen molar-refractivity contribution in [2.24, 2.45) is 0 Å². The second kappa shape index (κ2) is 8.38. The molecule has 0 amide bonds. The maximum Gasteiger partial charge on any atom is 0.336 e. The van der Waals surface area contributed by atoms with Crippen LogP contribution in [0.1, 0.15) is 5.56 Å². The van der Waals surface area contributed by atoms with Crippen LogP contribution in [0.3, 0.4) is 0 Å². The fourth-order valence-electron chi connectivity index (χ4n) is 3.55. The number of rotatable bonds is 4. The summed E-state index contributed by atoms with van der Waals surface area (Å²) in [5.41, 5.74) is 0.293. The van der Waals surface area contributed by atoms with E-state index in [0.717, 1.165) is 0 Å². The van der Waals surface area contributed by atoms with Gasteiger partial charge in [-0.05, 0) is 35.9 Å². The maximum absolute atomic E-state index is 14.7. The van der Waals surface area contributed by atoms with Crippen LogP contribution in [-0.4, -0.2) is 14.7 Å². The van der Waals surface area contributed by atoms with Gasteiger partial charge in [-0.2, -0.15) is 0 Å². The highest BCUT2D eigenvalue weighted by Gasteiger charge is 2.17. The van der Waals surface area contributed by atoms with E-state index in [1.165, 1.54) is 46.7 Å². The van der Waals surface area contributed by atoms with Gasteiger partial charge in [0.25, 0.3) is 5.56 Å². The maximum atomic E-state index is 14.7. The van der Waals surface area contributed by atoms with Gasteiger partial charge in [-0.1, -0.05) is 47.6 Å².